The average molecular weight is 300 g/mol. The lowest BCUT2D eigenvalue weighted by Gasteiger charge is -2.28. The Morgan fingerprint density at radius 1 is 1.05 bits per heavy atom. The molecule has 0 radical (unpaired) electrons. The van der Waals surface area contributed by atoms with Gasteiger partial charge in [0.25, 0.3) is 0 Å². The maximum atomic E-state index is 11.4. The molecule has 0 bridgehead atoms. The third-order valence-corrected chi connectivity index (χ3v) is 5.23. The molecule has 0 aliphatic heterocycles. The van der Waals surface area contributed by atoms with Crippen molar-refractivity contribution >= 4 is 6.29 Å². The van der Waals surface area contributed by atoms with E-state index in [4.69, 9.17) is 0 Å². The van der Waals surface area contributed by atoms with E-state index in [-0.39, 0.29) is 22.2 Å². The Kier molecular flexibility index (Phi) is 4.32. The summed E-state index contributed by atoms with van der Waals surface area (Å²) in [6.45, 7) is 15.9. The molecule has 1 saturated carbocycles. The van der Waals surface area contributed by atoms with Gasteiger partial charge < -0.3 is 4.79 Å². The van der Waals surface area contributed by atoms with Crippen LogP contribution in [0.5, 0.6) is 0 Å². The fourth-order valence-corrected chi connectivity index (χ4v) is 3.50. The molecule has 2 rings (SSSR count). The van der Waals surface area contributed by atoms with Crippen LogP contribution in [-0.4, -0.2) is 6.29 Å². The summed E-state index contributed by atoms with van der Waals surface area (Å²) >= 11 is 0. The van der Waals surface area contributed by atoms with Crippen molar-refractivity contribution in [3.63, 3.8) is 0 Å². The second-order valence-corrected chi connectivity index (χ2v) is 9.15. The maximum absolute atomic E-state index is 11.4. The Bertz CT molecular complexity index is 524. The molecule has 1 aromatic carbocycles. The van der Waals surface area contributed by atoms with Crippen molar-refractivity contribution in [3.8, 4) is 0 Å². The predicted molar refractivity (Wildman–Crippen MR) is 94.6 cm³/mol. The van der Waals surface area contributed by atoms with Crippen LogP contribution in [0.3, 0.4) is 0 Å². The Hall–Kier alpha value is -1.11. The summed E-state index contributed by atoms with van der Waals surface area (Å²) in [5, 5.41) is 0. The molecule has 1 fully saturated rings. The molecule has 0 saturated heterocycles. The van der Waals surface area contributed by atoms with Crippen LogP contribution in [0, 0.1) is 5.92 Å². The van der Waals surface area contributed by atoms with Gasteiger partial charge in [0.15, 0.2) is 0 Å². The lowest BCUT2D eigenvalue weighted by atomic mass is 9.76. The minimum Gasteiger partial charge on any atom is -0.303 e. The fraction of sp³-hybridized carbons (Fsp3) is 0.667. The van der Waals surface area contributed by atoms with Crippen molar-refractivity contribution < 1.29 is 4.79 Å². The van der Waals surface area contributed by atoms with Gasteiger partial charge >= 0.3 is 0 Å². The minimum atomic E-state index is 0.109. The Morgan fingerprint density at radius 3 is 1.86 bits per heavy atom. The van der Waals surface area contributed by atoms with Crippen molar-refractivity contribution in [2.24, 2.45) is 5.92 Å². The predicted octanol–water partition coefficient (Wildman–Crippen LogP) is 5.54. The molecule has 1 heteroatoms. The van der Waals surface area contributed by atoms with Gasteiger partial charge in [-0.1, -0.05) is 73.1 Å². The summed E-state index contributed by atoms with van der Waals surface area (Å²) < 4.78 is 0. The minimum absolute atomic E-state index is 0.109. The summed E-state index contributed by atoms with van der Waals surface area (Å²) in [4.78, 5) is 11.4. The van der Waals surface area contributed by atoms with E-state index in [2.05, 4.69) is 66.7 Å². The number of hydrogen-bond donors (Lipinski definition) is 0. The van der Waals surface area contributed by atoms with Crippen LogP contribution in [0.4, 0.5) is 0 Å². The van der Waals surface area contributed by atoms with E-state index in [0.717, 1.165) is 19.3 Å². The molecule has 0 heterocycles. The summed E-state index contributed by atoms with van der Waals surface area (Å²) in [7, 11) is 0. The zero-order valence-corrected chi connectivity index (χ0v) is 15.4. The zero-order chi connectivity index (χ0) is 16.8. The van der Waals surface area contributed by atoms with Crippen LogP contribution in [0.25, 0.3) is 0 Å². The summed E-state index contributed by atoms with van der Waals surface area (Å²) in [6, 6.07) is 7.10. The van der Waals surface area contributed by atoms with Crippen molar-refractivity contribution in [1.29, 1.82) is 0 Å². The molecule has 1 nitrogen and oxygen atoms in total. The number of hydrogen-bond acceptors (Lipinski definition) is 1. The van der Waals surface area contributed by atoms with E-state index in [1.54, 1.807) is 0 Å². The zero-order valence-electron chi connectivity index (χ0n) is 15.4. The lowest BCUT2D eigenvalue weighted by Crippen LogP contribution is -2.20. The first-order valence-corrected chi connectivity index (χ1v) is 8.66. The van der Waals surface area contributed by atoms with Gasteiger partial charge in [-0.05, 0) is 40.4 Å². The SMILES string of the molecule is CCC[C@]1(c2cc(C(C)(C)C)cc(C(C)(C)C)c2)C[C@H]1C=O. The summed E-state index contributed by atoms with van der Waals surface area (Å²) in [5.41, 5.74) is 4.55. The quantitative estimate of drug-likeness (QED) is 0.667. The standard InChI is InChI=1S/C21H32O/c1-8-9-21(13-18(21)14-22)17-11-15(19(2,3)4)10-16(12-17)20(5,6)7/h10-12,14,18H,8-9,13H2,1-7H3/t18-,21+/m0/s1. The number of aldehydes is 1. The van der Waals surface area contributed by atoms with Crippen molar-refractivity contribution in [1.82, 2.24) is 0 Å². The largest absolute Gasteiger partial charge is 0.303 e. The molecule has 1 aliphatic carbocycles. The average Bonchev–Trinajstić information content (AvgIpc) is 3.11. The molecule has 1 aliphatic rings. The summed E-state index contributed by atoms with van der Waals surface area (Å²) in [5.74, 6) is 0.218. The molecule has 0 amide bonds. The second kappa shape index (κ2) is 5.51. The second-order valence-electron chi connectivity index (χ2n) is 9.15. The first-order valence-electron chi connectivity index (χ1n) is 8.66. The molecule has 122 valence electrons. The van der Waals surface area contributed by atoms with Crippen LogP contribution in [0.1, 0.15) is 84.4 Å². The van der Waals surface area contributed by atoms with Crippen LogP contribution < -0.4 is 0 Å². The molecular weight excluding hydrogens is 268 g/mol. The first kappa shape index (κ1) is 17.2. The van der Waals surface area contributed by atoms with Gasteiger partial charge in [0, 0.05) is 11.3 Å². The Morgan fingerprint density at radius 2 is 1.55 bits per heavy atom. The molecular formula is C21H32O. The van der Waals surface area contributed by atoms with E-state index in [1.165, 1.54) is 23.0 Å². The van der Waals surface area contributed by atoms with E-state index in [1.807, 2.05) is 0 Å². The molecule has 0 spiro atoms. The van der Waals surface area contributed by atoms with Crippen LogP contribution >= 0.6 is 0 Å². The van der Waals surface area contributed by atoms with Crippen molar-refractivity contribution in [3.05, 3.63) is 34.9 Å². The molecule has 0 N–H and O–H groups in total. The van der Waals surface area contributed by atoms with Gasteiger partial charge in [0.05, 0.1) is 0 Å². The third-order valence-electron chi connectivity index (χ3n) is 5.23. The highest BCUT2D eigenvalue weighted by Gasteiger charge is 2.54. The molecule has 1 aromatic rings. The van der Waals surface area contributed by atoms with E-state index in [9.17, 15) is 4.79 Å². The smallest absolute Gasteiger partial charge is 0.123 e. The maximum Gasteiger partial charge on any atom is 0.123 e. The molecule has 22 heavy (non-hydrogen) atoms. The third kappa shape index (κ3) is 3.14. The highest BCUT2D eigenvalue weighted by Crippen LogP contribution is 2.57. The molecule has 0 aromatic heterocycles. The van der Waals surface area contributed by atoms with Gasteiger partial charge in [-0.3, -0.25) is 0 Å². The molecule has 2 atom stereocenters. The van der Waals surface area contributed by atoms with Crippen LogP contribution in [0.2, 0.25) is 0 Å². The van der Waals surface area contributed by atoms with E-state index in [0.29, 0.717) is 0 Å². The number of benzene rings is 1. The highest BCUT2D eigenvalue weighted by atomic mass is 16.1. The van der Waals surface area contributed by atoms with Gasteiger partial charge in [-0.2, -0.15) is 0 Å². The van der Waals surface area contributed by atoms with Crippen LogP contribution in [-0.2, 0) is 21.0 Å². The normalized spacial score (nSPS) is 25.1. The Labute approximate surface area is 136 Å². The van der Waals surface area contributed by atoms with E-state index >= 15 is 0 Å². The highest BCUT2D eigenvalue weighted by molar-refractivity contribution is 5.65. The van der Waals surface area contributed by atoms with Crippen molar-refractivity contribution in [2.75, 3.05) is 0 Å². The van der Waals surface area contributed by atoms with Crippen molar-refractivity contribution in [2.45, 2.75) is 84.0 Å². The lowest BCUT2D eigenvalue weighted by molar-refractivity contribution is -0.109. The number of carbonyl (C=O) groups excluding carboxylic acids is 1. The topological polar surface area (TPSA) is 17.1 Å². The van der Waals surface area contributed by atoms with Crippen LogP contribution in [0.15, 0.2) is 18.2 Å². The number of carbonyl (C=O) groups is 1. The Balaban J connectivity index is 2.58. The molecule has 0 unspecified atom stereocenters. The van der Waals surface area contributed by atoms with Gasteiger partial charge in [0.2, 0.25) is 0 Å². The van der Waals surface area contributed by atoms with E-state index < -0.39 is 0 Å². The summed E-state index contributed by atoms with van der Waals surface area (Å²) in [6.07, 6.45) is 4.46. The monoisotopic (exact) mass is 300 g/mol. The number of rotatable bonds is 4. The fourth-order valence-electron chi connectivity index (χ4n) is 3.50. The van der Waals surface area contributed by atoms with Gasteiger partial charge in [0.1, 0.15) is 6.29 Å². The van der Waals surface area contributed by atoms with Gasteiger partial charge in [-0.25, -0.2) is 0 Å². The first-order chi connectivity index (χ1) is 10.0. The van der Waals surface area contributed by atoms with Gasteiger partial charge in [-0.15, -0.1) is 0 Å².